The molecule has 0 unspecified atom stereocenters. The molecule has 1 aromatic carbocycles. The fourth-order valence-corrected chi connectivity index (χ4v) is 1.64. The number of anilines is 2. The normalized spacial score (nSPS) is 10.2. The first-order chi connectivity index (χ1) is 9.99. The summed E-state index contributed by atoms with van der Waals surface area (Å²) < 4.78 is 15.3. The van der Waals surface area contributed by atoms with Crippen LogP contribution in [0.25, 0.3) is 0 Å². The van der Waals surface area contributed by atoms with Gasteiger partial charge in [0, 0.05) is 12.7 Å². The standard InChI is InChI=1S/C13H13FN4O3/c1-2-18-7-9(6-15-18)16-13(21)17-11-4-3-8(12(19)20)5-10(11)14/h3-7H,2H2,1H3,(H,19,20)(H2,16,17,21). The Morgan fingerprint density at radius 2 is 2.14 bits per heavy atom. The summed E-state index contributed by atoms with van der Waals surface area (Å²) in [6, 6.07) is 2.59. The highest BCUT2D eigenvalue weighted by Crippen LogP contribution is 2.16. The van der Waals surface area contributed by atoms with Crippen LogP contribution < -0.4 is 10.6 Å². The lowest BCUT2D eigenvalue weighted by Gasteiger charge is -2.07. The molecule has 3 N–H and O–H groups in total. The number of carbonyl (C=O) groups excluding carboxylic acids is 1. The predicted molar refractivity (Wildman–Crippen MR) is 73.9 cm³/mol. The van der Waals surface area contributed by atoms with Gasteiger partial charge in [-0.2, -0.15) is 5.10 Å². The number of benzene rings is 1. The Morgan fingerprint density at radius 1 is 1.38 bits per heavy atom. The molecular formula is C13H13FN4O3. The maximum atomic E-state index is 13.6. The van der Waals surface area contributed by atoms with E-state index in [2.05, 4.69) is 15.7 Å². The van der Waals surface area contributed by atoms with Crippen molar-refractivity contribution in [2.45, 2.75) is 13.5 Å². The number of nitrogens with one attached hydrogen (secondary N) is 2. The molecule has 110 valence electrons. The third-order valence-electron chi connectivity index (χ3n) is 2.68. The number of amides is 2. The number of aromatic nitrogens is 2. The average molecular weight is 292 g/mol. The summed E-state index contributed by atoms with van der Waals surface area (Å²) in [6.45, 7) is 2.56. The van der Waals surface area contributed by atoms with Crippen LogP contribution in [-0.4, -0.2) is 26.9 Å². The summed E-state index contributed by atoms with van der Waals surface area (Å²) in [7, 11) is 0. The second-order valence-corrected chi connectivity index (χ2v) is 4.16. The van der Waals surface area contributed by atoms with E-state index in [-0.39, 0.29) is 11.3 Å². The number of carboxylic acid groups (broad SMARTS) is 1. The molecule has 0 fully saturated rings. The minimum Gasteiger partial charge on any atom is -0.478 e. The second-order valence-electron chi connectivity index (χ2n) is 4.16. The quantitative estimate of drug-likeness (QED) is 0.806. The molecule has 0 bridgehead atoms. The zero-order chi connectivity index (χ0) is 15.4. The largest absolute Gasteiger partial charge is 0.478 e. The molecule has 2 aromatic rings. The summed E-state index contributed by atoms with van der Waals surface area (Å²) >= 11 is 0. The molecule has 7 nitrogen and oxygen atoms in total. The van der Waals surface area contributed by atoms with Crippen molar-refractivity contribution < 1.29 is 19.1 Å². The molecule has 0 radical (unpaired) electrons. The van der Waals surface area contributed by atoms with Gasteiger partial charge in [0.05, 0.1) is 23.1 Å². The first-order valence-electron chi connectivity index (χ1n) is 6.13. The van der Waals surface area contributed by atoms with Crippen LogP contribution >= 0.6 is 0 Å². The lowest BCUT2D eigenvalue weighted by atomic mass is 10.2. The molecular weight excluding hydrogens is 279 g/mol. The molecule has 0 aliphatic carbocycles. The Morgan fingerprint density at radius 3 is 2.71 bits per heavy atom. The van der Waals surface area contributed by atoms with Crippen LogP contribution in [0.2, 0.25) is 0 Å². The van der Waals surface area contributed by atoms with Gasteiger partial charge in [-0.05, 0) is 25.1 Å². The van der Waals surface area contributed by atoms with Crippen LogP contribution in [0.3, 0.4) is 0 Å². The SMILES string of the molecule is CCn1cc(NC(=O)Nc2ccc(C(=O)O)cc2F)cn1. The van der Waals surface area contributed by atoms with Gasteiger partial charge in [0.15, 0.2) is 0 Å². The highest BCUT2D eigenvalue weighted by Gasteiger charge is 2.11. The zero-order valence-electron chi connectivity index (χ0n) is 11.1. The van der Waals surface area contributed by atoms with Crippen molar-refractivity contribution in [2.75, 3.05) is 10.6 Å². The number of nitrogens with zero attached hydrogens (tertiary/aromatic N) is 2. The van der Waals surface area contributed by atoms with Crippen molar-refractivity contribution in [1.29, 1.82) is 0 Å². The molecule has 0 atom stereocenters. The van der Waals surface area contributed by atoms with Gasteiger partial charge >= 0.3 is 12.0 Å². The van der Waals surface area contributed by atoms with E-state index >= 15 is 0 Å². The number of rotatable bonds is 4. The van der Waals surface area contributed by atoms with E-state index in [9.17, 15) is 14.0 Å². The van der Waals surface area contributed by atoms with Crippen molar-refractivity contribution in [3.05, 3.63) is 42.0 Å². The number of hydrogen-bond acceptors (Lipinski definition) is 3. The van der Waals surface area contributed by atoms with Crippen LogP contribution in [0.1, 0.15) is 17.3 Å². The smallest absolute Gasteiger partial charge is 0.335 e. The fraction of sp³-hybridized carbons (Fsp3) is 0.154. The van der Waals surface area contributed by atoms with Gasteiger partial charge in [-0.15, -0.1) is 0 Å². The average Bonchev–Trinajstić information content (AvgIpc) is 2.88. The van der Waals surface area contributed by atoms with Gasteiger partial charge in [0.1, 0.15) is 5.82 Å². The van der Waals surface area contributed by atoms with Gasteiger partial charge < -0.3 is 15.7 Å². The van der Waals surface area contributed by atoms with Crippen molar-refractivity contribution >= 4 is 23.4 Å². The van der Waals surface area contributed by atoms with Crippen molar-refractivity contribution in [3.8, 4) is 0 Å². The highest BCUT2D eigenvalue weighted by molar-refractivity contribution is 6.00. The van der Waals surface area contributed by atoms with Crippen LogP contribution in [0.15, 0.2) is 30.6 Å². The number of carbonyl (C=O) groups is 2. The number of halogens is 1. The number of hydrogen-bond donors (Lipinski definition) is 3. The van der Waals surface area contributed by atoms with Crippen LogP contribution in [-0.2, 0) is 6.54 Å². The fourth-order valence-electron chi connectivity index (χ4n) is 1.64. The molecule has 0 aliphatic heterocycles. The van der Waals surface area contributed by atoms with Crippen LogP contribution in [0, 0.1) is 5.82 Å². The lowest BCUT2D eigenvalue weighted by Crippen LogP contribution is -2.20. The zero-order valence-corrected chi connectivity index (χ0v) is 11.1. The van der Waals surface area contributed by atoms with E-state index < -0.39 is 17.8 Å². The van der Waals surface area contributed by atoms with Crippen LogP contribution in [0.4, 0.5) is 20.6 Å². The maximum absolute atomic E-state index is 13.6. The maximum Gasteiger partial charge on any atom is 0.335 e. The Kier molecular flexibility index (Phi) is 4.17. The number of carboxylic acids is 1. The predicted octanol–water partition coefficient (Wildman–Crippen LogP) is 2.38. The Hall–Kier alpha value is -2.90. The third kappa shape index (κ3) is 3.56. The lowest BCUT2D eigenvalue weighted by molar-refractivity contribution is 0.0696. The van der Waals surface area contributed by atoms with E-state index in [1.54, 1.807) is 10.9 Å². The number of aryl methyl sites for hydroxylation is 1. The van der Waals surface area contributed by atoms with Crippen LogP contribution in [0.5, 0.6) is 0 Å². The van der Waals surface area contributed by atoms with Gasteiger partial charge in [0.2, 0.25) is 0 Å². The number of urea groups is 1. The minimum atomic E-state index is -1.24. The second kappa shape index (κ2) is 6.04. The minimum absolute atomic E-state index is 0.111. The molecule has 21 heavy (non-hydrogen) atoms. The molecule has 2 rings (SSSR count). The third-order valence-corrected chi connectivity index (χ3v) is 2.68. The first-order valence-corrected chi connectivity index (χ1v) is 6.13. The van der Waals surface area contributed by atoms with Gasteiger partial charge in [0.25, 0.3) is 0 Å². The Balaban J connectivity index is 2.04. The summed E-state index contributed by atoms with van der Waals surface area (Å²) in [4.78, 5) is 22.4. The Bertz CT molecular complexity index is 684. The molecule has 1 aromatic heterocycles. The molecule has 2 amide bonds. The summed E-state index contributed by atoms with van der Waals surface area (Å²) in [5.74, 6) is -2.06. The Labute approximate surface area is 119 Å². The molecule has 0 spiro atoms. The van der Waals surface area contributed by atoms with E-state index in [0.29, 0.717) is 12.2 Å². The van der Waals surface area contributed by atoms with Gasteiger partial charge in [-0.1, -0.05) is 0 Å². The van der Waals surface area contributed by atoms with E-state index in [1.165, 1.54) is 18.3 Å². The molecule has 8 heteroatoms. The van der Waals surface area contributed by atoms with Crippen molar-refractivity contribution in [2.24, 2.45) is 0 Å². The monoisotopic (exact) mass is 292 g/mol. The molecule has 0 saturated carbocycles. The van der Waals surface area contributed by atoms with Gasteiger partial charge in [-0.25, -0.2) is 14.0 Å². The first kappa shape index (κ1) is 14.5. The van der Waals surface area contributed by atoms with E-state index in [4.69, 9.17) is 5.11 Å². The summed E-state index contributed by atoms with van der Waals surface area (Å²) in [5.41, 5.74) is 0.167. The summed E-state index contributed by atoms with van der Waals surface area (Å²) in [6.07, 6.45) is 3.09. The van der Waals surface area contributed by atoms with Gasteiger partial charge in [-0.3, -0.25) is 4.68 Å². The molecule has 0 aliphatic rings. The molecule has 0 saturated heterocycles. The summed E-state index contributed by atoms with van der Waals surface area (Å²) in [5, 5.41) is 17.5. The van der Waals surface area contributed by atoms with E-state index in [1.807, 2.05) is 6.92 Å². The topological polar surface area (TPSA) is 96.2 Å². The number of aromatic carboxylic acids is 1. The van der Waals surface area contributed by atoms with Crippen molar-refractivity contribution in [1.82, 2.24) is 9.78 Å². The highest BCUT2D eigenvalue weighted by atomic mass is 19.1. The van der Waals surface area contributed by atoms with Crippen molar-refractivity contribution in [3.63, 3.8) is 0 Å². The van der Waals surface area contributed by atoms with E-state index in [0.717, 1.165) is 6.07 Å². The molecule has 1 heterocycles.